The van der Waals surface area contributed by atoms with E-state index in [9.17, 15) is 55.9 Å². The number of phenolic OH excluding ortho intramolecular Hbond substituents is 2. The highest BCUT2D eigenvalue weighted by molar-refractivity contribution is 5.80. The van der Waals surface area contributed by atoms with E-state index in [0.29, 0.717) is 0 Å². The predicted molar refractivity (Wildman–Crippen MR) is 140 cm³/mol. The molecule has 3 fully saturated rings. The summed E-state index contributed by atoms with van der Waals surface area (Å²) in [4.78, 5) is 11.8. The second-order valence-electron chi connectivity index (χ2n) is 10.9. The molecule has 2 unspecified atom stereocenters. The van der Waals surface area contributed by atoms with Gasteiger partial charge in [-0.3, -0.25) is 4.79 Å². The van der Waals surface area contributed by atoms with Gasteiger partial charge in [0.05, 0.1) is 37.9 Å². The zero-order valence-corrected chi connectivity index (χ0v) is 23.1. The number of benzene rings is 1. The van der Waals surface area contributed by atoms with Gasteiger partial charge in [0, 0.05) is 11.1 Å². The van der Waals surface area contributed by atoms with Crippen LogP contribution in [-0.2, 0) is 29.3 Å². The van der Waals surface area contributed by atoms with Gasteiger partial charge < -0.3 is 92.0 Å². The summed E-state index contributed by atoms with van der Waals surface area (Å²) in [7, 11) is 0. The van der Waals surface area contributed by atoms with Gasteiger partial charge >= 0.3 is 0 Å². The van der Waals surface area contributed by atoms with Crippen molar-refractivity contribution in [2.24, 2.45) is 17.2 Å². The normalized spacial score (nSPS) is 44.8. The van der Waals surface area contributed by atoms with Crippen molar-refractivity contribution < 1.29 is 79.5 Å². The molecule has 0 saturated carbocycles. The number of carbonyl (C=O) groups excluding carboxylic acids is 1. The third-order valence-electron chi connectivity index (χ3n) is 8.21. The van der Waals surface area contributed by atoms with Crippen LogP contribution in [0.5, 0.6) is 11.5 Å². The van der Waals surface area contributed by atoms with Crippen LogP contribution in [0.15, 0.2) is 12.1 Å². The van der Waals surface area contributed by atoms with Crippen molar-refractivity contribution in [3.8, 4) is 11.5 Å². The standard InChI is InChI=1S/C25H39N3O16/c26-12-16(35)19(9(4-30)40-22(12)39)42-23-13(27)17(36)20(10(5-31)41-23)43-24-14(28)18(37)21(38)25(6-32,44-24)11-7(3-29)1-2-8(33)15(11)34/h1-3,9-10,12-14,16-24,30-39H,4-6,26-28H2/t9-,10-,12-,13-,14-,16-,17-,18-,19?,20?,21+,22-,23+,24+,25+/m1/s1. The number of carbonyl (C=O) groups is 1. The smallest absolute Gasteiger partial charge is 0.177 e. The molecule has 0 aromatic heterocycles. The first-order chi connectivity index (χ1) is 20.8. The largest absolute Gasteiger partial charge is 0.504 e. The molecule has 0 aliphatic carbocycles. The molecule has 250 valence electrons. The fourth-order valence-corrected chi connectivity index (χ4v) is 5.63. The number of aliphatic hydroxyl groups excluding tert-OH is 8. The van der Waals surface area contributed by atoms with Crippen LogP contribution in [0.1, 0.15) is 15.9 Å². The van der Waals surface area contributed by atoms with E-state index < -0.39 is 128 Å². The number of rotatable bonds is 9. The van der Waals surface area contributed by atoms with Crippen molar-refractivity contribution in [2.75, 3.05) is 19.8 Å². The Morgan fingerprint density at radius 2 is 1.34 bits per heavy atom. The van der Waals surface area contributed by atoms with Crippen LogP contribution in [0, 0.1) is 0 Å². The molecule has 4 rings (SSSR count). The minimum Gasteiger partial charge on any atom is -0.504 e. The Labute approximate surface area is 249 Å². The quantitative estimate of drug-likeness (QED) is 0.0883. The van der Waals surface area contributed by atoms with Crippen LogP contribution in [-0.4, -0.2) is 163 Å². The first-order valence-electron chi connectivity index (χ1n) is 13.6. The zero-order chi connectivity index (χ0) is 32.7. The van der Waals surface area contributed by atoms with Gasteiger partial charge in [-0.15, -0.1) is 0 Å². The molecule has 16 N–H and O–H groups in total. The van der Waals surface area contributed by atoms with E-state index in [4.69, 9.17) is 40.9 Å². The van der Waals surface area contributed by atoms with Crippen molar-refractivity contribution in [1.82, 2.24) is 0 Å². The summed E-state index contributed by atoms with van der Waals surface area (Å²) in [6.45, 7) is -2.75. The van der Waals surface area contributed by atoms with E-state index in [1.165, 1.54) is 0 Å². The molecular formula is C25H39N3O16. The molecule has 15 atom stereocenters. The molecule has 0 radical (unpaired) electrons. The van der Waals surface area contributed by atoms with Crippen molar-refractivity contribution in [2.45, 2.75) is 91.4 Å². The fraction of sp³-hybridized carbons (Fsp3) is 0.720. The molecule has 3 aliphatic heterocycles. The molecular weight excluding hydrogens is 598 g/mol. The molecule has 1 aromatic rings. The molecule has 0 amide bonds. The topological polar surface area (TPSA) is 344 Å². The van der Waals surface area contributed by atoms with Crippen molar-refractivity contribution >= 4 is 6.29 Å². The van der Waals surface area contributed by atoms with Crippen molar-refractivity contribution in [3.63, 3.8) is 0 Å². The number of aliphatic hydroxyl groups is 8. The Morgan fingerprint density at radius 1 is 0.795 bits per heavy atom. The Morgan fingerprint density at radius 3 is 1.91 bits per heavy atom. The van der Waals surface area contributed by atoms with Gasteiger partial charge in [0.2, 0.25) is 0 Å². The van der Waals surface area contributed by atoms with Crippen molar-refractivity contribution in [3.05, 3.63) is 23.3 Å². The van der Waals surface area contributed by atoms with Crippen LogP contribution < -0.4 is 17.2 Å². The zero-order valence-electron chi connectivity index (χ0n) is 23.1. The lowest BCUT2D eigenvalue weighted by atomic mass is 9.78. The highest BCUT2D eigenvalue weighted by Gasteiger charge is 2.58. The molecule has 0 spiro atoms. The van der Waals surface area contributed by atoms with Gasteiger partial charge in [-0.2, -0.15) is 0 Å². The minimum atomic E-state index is -2.51. The summed E-state index contributed by atoms with van der Waals surface area (Å²) in [5.41, 5.74) is 14.5. The van der Waals surface area contributed by atoms with E-state index in [2.05, 4.69) is 0 Å². The molecule has 44 heavy (non-hydrogen) atoms. The van der Waals surface area contributed by atoms with Crippen LogP contribution in [0.2, 0.25) is 0 Å². The van der Waals surface area contributed by atoms with Crippen LogP contribution in [0.3, 0.4) is 0 Å². The molecule has 3 aliphatic rings. The summed E-state index contributed by atoms with van der Waals surface area (Å²) >= 11 is 0. The number of phenols is 2. The Balaban J connectivity index is 1.60. The van der Waals surface area contributed by atoms with E-state index >= 15 is 0 Å². The Bertz CT molecular complexity index is 1150. The monoisotopic (exact) mass is 637 g/mol. The Kier molecular flexibility index (Phi) is 10.8. The predicted octanol–water partition coefficient (Wildman–Crippen LogP) is -6.92. The summed E-state index contributed by atoms with van der Waals surface area (Å²) in [6.07, 6.45) is -18.0. The maximum absolute atomic E-state index is 11.8. The van der Waals surface area contributed by atoms with E-state index in [0.717, 1.165) is 12.1 Å². The van der Waals surface area contributed by atoms with E-state index in [-0.39, 0.29) is 11.8 Å². The SMILES string of the molecule is N[C@H]1[C@@H](OC2[C@@H](CO)O[C@@H](OC3[C@@H](CO)O[C@@H](O)[C@H](N)[C@H]3O)[C@H](N)[C@H]2O)O[C@@](CO)(c2c(C=O)ccc(O)c2O)[C@@H](O)[C@@H]1O. The lowest BCUT2D eigenvalue weighted by Crippen LogP contribution is -2.70. The van der Waals surface area contributed by atoms with Gasteiger partial charge in [-0.25, -0.2) is 0 Å². The molecule has 3 heterocycles. The number of aldehydes is 1. The lowest BCUT2D eigenvalue weighted by Gasteiger charge is -2.51. The third-order valence-corrected chi connectivity index (χ3v) is 8.21. The molecule has 0 bridgehead atoms. The summed E-state index contributed by atoms with van der Waals surface area (Å²) < 4.78 is 28.1. The van der Waals surface area contributed by atoms with Gasteiger partial charge in [-0.05, 0) is 12.1 Å². The second kappa shape index (κ2) is 13.7. The average molecular weight is 638 g/mol. The molecule has 1 aromatic carbocycles. The highest BCUT2D eigenvalue weighted by Crippen LogP contribution is 2.46. The number of hydrogen-bond donors (Lipinski definition) is 13. The second-order valence-corrected chi connectivity index (χ2v) is 10.9. The van der Waals surface area contributed by atoms with Gasteiger partial charge in [-0.1, -0.05) is 0 Å². The lowest BCUT2D eigenvalue weighted by molar-refractivity contribution is -0.363. The molecule has 19 nitrogen and oxygen atoms in total. The third kappa shape index (κ3) is 5.91. The van der Waals surface area contributed by atoms with E-state index in [1.54, 1.807) is 0 Å². The van der Waals surface area contributed by atoms with Crippen LogP contribution in [0.4, 0.5) is 0 Å². The fourth-order valence-electron chi connectivity index (χ4n) is 5.63. The molecule has 19 heteroatoms. The maximum Gasteiger partial charge on any atom is 0.177 e. The Hall–Kier alpha value is -2.15. The summed E-state index contributed by atoms with van der Waals surface area (Å²) in [5.74, 6) is -1.71. The molecule has 3 saturated heterocycles. The van der Waals surface area contributed by atoms with E-state index in [1.807, 2.05) is 0 Å². The van der Waals surface area contributed by atoms with Gasteiger partial charge in [0.15, 0.2) is 42.3 Å². The first-order valence-corrected chi connectivity index (χ1v) is 13.6. The summed E-state index contributed by atoms with van der Waals surface area (Å²) in [5, 5.41) is 104. The number of ether oxygens (including phenoxy) is 5. The number of nitrogens with two attached hydrogens (primary N) is 3. The minimum absolute atomic E-state index is 0.238. The average Bonchev–Trinajstić information content (AvgIpc) is 3.02. The first kappa shape index (κ1) is 34.7. The summed E-state index contributed by atoms with van der Waals surface area (Å²) in [6, 6.07) is -2.41. The van der Waals surface area contributed by atoms with Crippen molar-refractivity contribution in [1.29, 1.82) is 0 Å². The van der Waals surface area contributed by atoms with Gasteiger partial charge in [0.25, 0.3) is 0 Å². The highest BCUT2D eigenvalue weighted by atomic mass is 16.7. The van der Waals surface area contributed by atoms with Crippen LogP contribution in [0.25, 0.3) is 0 Å². The maximum atomic E-state index is 11.8. The van der Waals surface area contributed by atoms with Gasteiger partial charge in [0.1, 0.15) is 48.8 Å². The van der Waals surface area contributed by atoms with Crippen LogP contribution >= 0.6 is 0 Å². The number of hydrogen-bond acceptors (Lipinski definition) is 19. The number of aromatic hydroxyl groups is 2.